The predicted octanol–water partition coefficient (Wildman–Crippen LogP) is 3.13. The number of hydrogen-bond donors (Lipinski definition) is 2. The largest absolute Gasteiger partial charge is 0.357 e. The highest BCUT2D eigenvalue weighted by molar-refractivity contribution is 6.31. The van der Waals surface area contributed by atoms with Crippen molar-refractivity contribution >= 4 is 23.2 Å². The summed E-state index contributed by atoms with van der Waals surface area (Å²) in [4.78, 5) is 4.60. The smallest absolute Gasteiger partial charge is 0.191 e. The van der Waals surface area contributed by atoms with Crippen LogP contribution in [-0.2, 0) is 6.54 Å². The summed E-state index contributed by atoms with van der Waals surface area (Å²) in [6.45, 7) is 3.12. The number of pyridine rings is 1. The van der Waals surface area contributed by atoms with Gasteiger partial charge in [-0.1, -0.05) is 23.7 Å². The van der Waals surface area contributed by atoms with E-state index in [2.05, 4.69) is 25.8 Å². The fraction of sp³-hybridized carbons (Fsp3) is 0.316. The van der Waals surface area contributed by atoms with Gasteiger partial charge in [0.2, 0.25) is 0 Å². The zero-order chi connectivity index (χ0) is 18.8. The van der Waals surface area contributed by atoms with Crippen molar-refractivity contribution in [2.24, 2.45) is 4.99 Å². The van der Waals surface area contributed by atoms with Crippen LogP contribution in [0, 0.1) is 5.82 Å². The first-order valence-electron chi connectivity index (χ1n) is 8.94. The third-order valence-electron chi connectivity index (χ3n) is 4.59. The highest BCUT2D eigenvalue weighted by atomic mass is 35.5. The van der Waals surface area contributed by atoms with Crippen molar-refractivity contribution in [3.8, 4) is 0 Å². The second-order valence-electron chi connectivity index (χ2n) is 6.47. The first-order chi connectivity index (χ1) is 13.2. The van der Waals surface area contributed by atoms with Crippen LogP contribution in [0.1, 0.15) is 30.7 Å². The molecule has 2 atom stereocenters. The van der Waals surface area contributed by atoms with Gasteiger partial charge in [-0.05, 0) is 37.6 Å². The fourth-order valence-electron chi connectivity index (χ4n) is 3.18. The zero-order valence-electron chi connectivity index (χ0n) is 14.9. The van der Waals surface area contributed by atoms with E-state index in [1.807, 2.05) is 35.7 Å². The standard InChI is InChI=1S/C19H20ClFN6/c1-2-22-19(23-11-17-26-25-16-8-3-4-9-27(16)17)24-15-10-12(15)18-13(20)6-5-7-14(18)21/h3-9,12,15H,2,10-11H2,1H3,(H2,22,23,24). The highest BCUT2D eigenvalue weighted by Crippen LogP contribution is 2.44. The minimum atomic E-state index is -0.256. The van der Waals surface area contributed by atoms with Gasteiger partial charge >= 0.3 is 0 Å². The number of benzene rings is 1. The summed E-state index contributed by atoms with van der Waals surface area (Å²) in [5.74, 6) is 1.22. The Labute approximate surface area is 161 Å². The maximum absolute atomic E-state index is 14.1. The van der Waals surface area contributed by atoms with Gasteiger partial charge in [0.25, 0.3) is 0 Å². The SMILES string of the molecule is CCNC(=NCc1nnc2ccccn12)NC1CC1c1c(F)cccc1Cl. The molecule has 0 radical (unpaired) electrons. The van der Waals surface area contributed by atoms with Crippen molar-refractivity contribution < 1.29 is 4.39 Å². The summed E-state index contributed by atoms with van der Waals surface area (Å²) in [6, 6.07) is 10.7. The van der Waals surface area contributed by atoms with Crippen LogP contribution in [0.4, 0.5) is 4.39 Å². The van der Waals surface area contributed by atoms with Crippen LogP contribution in [0.5, 0.6) is 0 Å². The molecule has 3 aromatic rings. The van der Waals surface area contributed by atoms with Crippen molar-refractivity contribution in [1.82, 2.24) is 25.2 Å². The molecule has 2 N–H and O–H groups in total. The van der Waals surface area contributed by atoms with E-state index >= 15 is 0 Å². The maximum Gasteiger partial charge on any atom is 0.191 e. The third-order valence-corrected chi connectivity index (χ3v) is 4.92. The summed E-state index contributed by atoms with van der Waals surface area (Å²) < 4.78 is 16.0. The Morgan fingerprint density at radius 3 is 3.00 bits per heavy atom. The normalized spacial score (nSPS) is 19.3. The molecule has 1 fully saturated rings. The molecule has 4 rings (SSSR count). The predicted molar refractivity (Wildman–Crippen MR) is 103 cm³/mol. The molecule has 140 valence electrons. The number of hydrogen-bond acceptors (Lipinski definition) is 3. The Kier molecular flexibility index (Phi) is 4.94. The number of guanidine groups is 1. The van der Waals surface area contributed by atoms with E-state index in [-0.39, 0.29) is 17.8 Å². The minimum Gasteiger partial charge on any atom is -0.357 e. The molecule has 8 heteroatoms. The van der Waals surface area contributed by atoms with Gasteiger partial charge in [-0.3, -0.25) is 4.40 Å². The van der Waals surface area contributed by atoms with Crippen LogP contribution in [0.2, 0.25) is 5.02 Å². The molecule has 0 saturated heterocycles. The first-order valence-corrected chi connectivity index (χ1v) is 9.32. The molecule has 27 heavy (non-hydrogen) atoms. The van der Waals surface area contributed by atoms with Gasteiger partial charge in [0.1, 0.15) is 12.4 Å². The lowest BCUT2D eigenvalue weighted by Crippen LogP contribution is -2.39. The van der Waals surface area contributed by atoms with Gasteiger partial charge in [0, 0.05) is 35.3 Å². The van der Waals surface area contributed by atoms with Gasteiger partial charge in [0.05, 0.1) is 0 Å². The Morgan fingerprint density at radius 2 is 2.19 bits per heavy atom. The molecule has 0 amide bonds. The van der Waals surface area contributed by atoms with Crippen LogP contribution in [0.3, 0.4) is 0 Å². The molecule has 1 aliphatic carbocycles. The molecule has 0 bridgehead atoms. The fourth-order valence-corrected chi connectivity index (χ4v) is 3.49. The number of nitrogens with one attached hydrogen (secondary N) is 2. The molecule has 6 nitrogen and oxygen atoms in total. The lowest BCUT2D eigenvalue weighted by Gasteiger charge is -2.12. The lowest BCUT2D eigenvalue weighted by atomic mass is 10.1. The molecular weight excluding hydrogens is 367 g/mol. The van der Waals surface area contributed by atoms with Crippen LogP contribution in [0.25, 0.3) is 5.65 Å². The summed E-state index contributed by atoms with van der Waals surface area (Å²) in [6.07, 6.45) is 2.73. The number of fused-ring (bicyclic) bond motifs is 1. The number of aliphatic imine (C=N–C) groups is 1. The Morgan fingerprint density at radius 1 is 1.30 bits per heavy atom. The van der Waals surface area contributed by atoms with E-state index in [1.165, 1.54) is 6.07 Å². The zero-order valence-corrected chi connectivity index (χ0v) is 15.6. The number of aromatic nitrogens is 3. The van der Waals surface area contributed by atoms with Gasteiger partial charge in [-0.15, -0.1) is 10.2 Å². The average molecular weight is 387 g/mol. The summed E-state index contributed by atoms with van der Waals surface area (Å²) in [7, 11) is 0. The van der Waals surface area contributed by atoms with Crippen LogP contribution in [-0.4, -0.2) is 33.1 Å². The Bertz CT molecular complexity index is 965. The summed E-state index contributed by atoms with van der Waals surface area (Å²) in [5.41, 5.74) is 1.37. The third kappa shape index (κ3) is 3.73. The molecule has 1 aromatic carbocycles. The lowest BCUT2D eigenvalue weighted by molar-refractivity contribution is 0.608. The van der Waals surface area contributed by atoms with Crippen molar-refractivity contribution in [3.05, 3.63) is 64.8 Å². The van der Waals surface area contributed by atoms with E-state index in [0.29, 0.717) is 23.1 Å². The highest BCUT2D eigenvalue weighted by Gasteiger charge is 2.41. The van der Waals surface area contributed by atoms with E-state index in [4.69, 9.17) is 11.6 Å². The first kappa shape index (κ1) is 17.7. The van der Waals surface area contributed by atoms with Crippen LogP contribution in [0.15, 0.2) is 47.6 Å². The van der Waals surface area contributed by atoms with E-state index in [1.54, 1.807) is 12.1 Å². The monoisotopic (exact) mass is 386 g/mol. The second kappa shape index (κ2) is 7.52. The quantitative estimate of drug-likeness (QED) is 0.522. The molecule has 2 aromatic heterocycles. The van der Waals surface area contributed by atoms with Crippen LogP contribution >= 0.6 is 11.6 Å². The molecule has 1 saturated carbocycles. The Hall–Kier alpha value is -2.67. The van der Waals surface area contributed by atoms with Gasteiger partial charge in [-0.2, -0.15) is 0 Å². The molecular formula is C19H20ClFN6. The second-order valence-corrected chi connectivity index (χ2v) is 6.88. The van der Waals surface area contributed by atoms with Crippen molar-refractivity contribution in [1.29, 1.82) is 0 Å². The number of nitrogens with zero attached hydrogens (tertiary/aromatic N) is 4. The molecule has 0 spiro atoms. The number of rotatable bonds is 5. The molecule has 0 aliphatic heterocycles. The van der Waals surface area contributed by atoms with Crippen molar-refractivity contribution in [3.63, 3.8) is 0 Å². The summed E-state index contributed by atoms with van der Waals surface area (Å²) in [5, 5.41) is 15.4. The van der Waals surface area contributed by atoms with Crippen LogP contribution < -0.4 is 10.6 Å². The maximum atomic E-state index is 14.1. The topological polar surface area (TPSA) is 66.6 Å². The van der Waals surface area contributed by atoms with Gasteiger partial charge in [-0.25, -0.2) is 9.38 Å². The van der Waals surface area contributed by atoms with Gasteiger partial charge in [0.15, 0.2) is 17.4 Å². The summed E-state index contributed by atoms with van der Waals surface area (Å²) >= 11 is 6.18. The minimum absolute atomic E-state index is 0.0523. The van der Waals surface area contributed by atoms with Gasteiger partial charge < -0.3 is 10.6 Å². The van der Waals surface area contributed by atoms with Crippen molar-refractivity contribution in [2.45, 2.75) is 31.8 Å². The molecule has 2 heterocycles. The average Bonchev–Trinajstić information content (AvgIpc) is 3.27. The molecule has 2 unspecified atom stereocenters. The molecule has 1 aliphatic rings. The van der Waals surface area contributed by atoms with E-state index in [0.717, 1.165) is 24.4 Å². The van der Waals surface area contributed by atoms with E-state index < -0.39 is 0 Å². The Balaban J connectivity index is 1.46. The van der Waals surface area contributed by atoms with Crippen molar-refractivity contribution in [2.75, 3.05) is 6.54 Å². The van der Waals surface area contributed by atoms with E-state index in [9.17, 15) is 4.39 Å². The number of halogens is 2.